The van der Waals surface area contributed by atoms with Gasteiger partial charge in [0.1, 0.15) is 0 Å². The van der Waals surface area contributed by atoms with Gasteiger partial charge in [-0.25, -0.2) is 0 Å². The third-order valence-electron chi connectivity index (χ3n) is 2.52. The Morgan fingerprint density at radius 2 is 2.10 bits per heavy atom. The molecule has 1 aromatic heterocycles. The number of nitrogens with one attached hydrogen (secondary N) is 2. The van der Waals surface area contributed by atoms with Crippen molar-refractivity contribution in [3.8, 4) is 0 Å². The fourth-order valence-corrected chi connectivity index (χ4v) is 2.03. The largest absolute Gasteiger partial charge is 0.331 e. The van der Waals surface area contributed by atoms with Crippen LogP contribution >= 0.6 is 28.1 Å². The predicted molar refractivity (Wildman–Crippen MR) is 89.0 cm³/mol. The average molecular weight is 352 g/mol. The SMILES string of the molecule is Cc1nn(C)cc1C=NNC(=S)Nc1ccc(Br)cc1. The number of aryl methyl sites for hydroxylation is 2. The number of halogens is 1. The van der Waals surface area contributed by atoms with Gasteiger partial charge in [-0.05, 0) is 43.4 Å². The highest BCUT2D eigenvalue weighted by atomic mass is 79.9. The number of benzene rings is 1. The molecule has 7 heteroatoms. The summed E-state index contributed by atoms with van der Waals surface area (Å²) in [5, 5.41) is 11.8. The molecule has 1 aromatic carbocycles. The monoisotopic (exact) mass is 351 g/mol. The van der Waals surface area contributed by atoms with Crippen molar-refractivity contribution in [2.45, 2.75) is 6.92 Å². The third-order valence-corrected chi connectivity index (χ3v) is 3.25. The van der Waals surface area contributed by atoms with Crippen molar-refractivity contribution >= 4 is 45.2 Å². The van der Waals surface area contributed by atoms with Crippen LogP contribution in [0.5, 0.6) is 0 Å². The van der Waals surface area contributed by atoms with Crippen molar-refractivity contribution in [3.05, 3.63) is 46.2 Å². The number of anilines is 1. The molecular formula is C13H14BrN5S. The van der Waals surface area contributed by atoms with Gasteiger partial charge in [0.15, 0.2) is 5.11 Å². The fraction of sp³-hybridized carbons (Fsp3) is 0.154. The van der Waals surface area contributed by atoms with Crippen LogP contribution in [0, 0.1) is 6.92 Å². The van der Waals surface area contributed by atoms with E-state index in [2.05, 4.69) is 36.9 Å². The van der Waals surface area contributed by atoms with Crippen molar-refractivity contribution in [1.29, 1.82) is 0 Å². The van der Waals surface area contributed by atoms with E-state index in [9.17, 15) is 0 Å². The lowest BCUT2D eigenvalue weighted by atomic mass is 10.3. The summed E-state index contributed by atoms with van der Waals surface area (Å²) >= 11 is 8.53. The third kappa shape index (κ3) is 4.14. The number of rotatable bonds is 3. The zero-order chi connectivity index (χ0) is 14.5. The minimum Gasteiger partial charge on any atom is -0.331 e. The first kappa shape index (κ1) is 14.7. The van der Waals surface area contributed by atoms with E-state index >= 15 is 0 Å². The van der Waals surface area contributed by atoms with Gasteiger partial charge in [-0.2, -0.15) is 10.2 Å². The summed E-state index contributed by atoms with van der Waals surface area (Å²) in [6, 6.07) is 7.72. The number of aromatic nitrogens is 2. The van der Waals surface area contributed by atoms with E-state index < -0.39 is 0 Å². The molecule has 0 saturated heterocycles. The maximum absolute atomic E-state index is 5.15. The predicted octanol–water partition coefficient (Wildman–Crippen LogP) is 2.81. The topological polar surface area (TPSA) is 54.2 Å². The van der Waals surface area contributed by atoms with E-state index in [4.69, 9.17) is 12.2 Å². The minimum atomic E-state index is 0.435. The second-order valence-electron chi connectivity index (χ2n) is 4.17. The molecule has 0 radical (unpaired) electrons. The van der Waals surface area contributed by atoms with Crippen molar-refractivity contribution < 1.29 is 0 Å². The van der Waals surface area contributed by atoms with Gasteiger partial charge in [0, 0.05) is 29.0 Å². The van der Waals surface area contributed by atoms with Crippen LogP contribution in [0.25, 0.3) is 0 Å². The summed E-state index contributed by atoms with van der Waals surface area (Å²) < 4.78 is 2.77. The molecule has 0 aliphatic rings. The summed E-state index contributed by atoms with van der Waals surface area (Å²) in [5.74, 6) is 0. The van der Waals surface area contributed by atoms with Crippen LogP contribution in [0.4, 0.5) is 5.69 Å². The van der Waals surface area contributed by atoms with E-state index in [1.165, 1.54) is 0 Å². The van der Waals surface area contributed by atoms with Gasteiger partial charge < -0.3 is 5.32 Å². The zero-order valence-electron chi connectivity index (χ0n) is 11.1. The maximum atomic E-state index is 5.15. The van der Waals surface area contributed by atoms with E-state index in [0.29, 0.717) is 5.11 Å². The highest BCUT2D eigenvalue weighted by molar-refractivity contribution is 9.10. The molecule has 0 unspecified atom stereocenters. The molecule has 0 bridgehead atoms. The number of hydrazone groups is 1. The van der Waals surface area contributed by atoms with Crippen LogP contribution < -0.4 is 10.7 Å². The average Bonchev–Trinajstić information content (AvgIpc) is 2.71. The van der Waals surface area contributed by atoms with E-state index in [0.717, 1.165) is 21.4 Å². The summed E-state index contributed by atoms with van der Waals surface area (Å²) in [4.78, 5) is 0. The first-order valence-electron chi connectivity index (χ1n) is 5.90. The molecule has 20 heavy (non-hydrogen) atoms. The number of thiocarbonyl (C=S) groups is 1. The first-order valence-corrected chi connectivity index (χ1v) is 7.10. The van der Waals surface area contributed by atoms with Crippen LogP contribution in [0.2, 0.25) is 0 Å². The molecule has 0 atom stereocenters. The van der Waals surface area contributed by atoms with E-state index in [-0.39, 0.29) is 0 Å². The lowest BCUT2D eigenvalue weighted by molar-refractivity contribution is 0.756. The summed E-state index contributed by atoms with van der Waals surface area (Å²) in [5.41, 5.74) is 5.54. The van der Waals surface area contributed by atoms with Crippen molar-refractivity contribution in [2.75, 3.05) is 5.32 Å². The van der Waals surface area contributed by atoms with Gasteiger partial charge in [-0.3, -0.25) is 10.1 Å². The second kappa shape index (κ2) is 6.62. The molecule has 104 valence electrons. The number of hydrogen-bond acceptors (Lipinski definition) is 3. The van der Waals surface area contributed by atoms with Gasteiger partial charge in [-0.15, -0.1) is 0 Å². The molecule has 2 rings (SSSR count). The molecule has 0 saturated carbocycles. The summed E-state index contributed by atoms with van der Waals surface area (Å²) in [7, 11) is 1.87. The van der Waals surface area contributed by atoms with E-state index in [1.807, 2.05) is 44.4 Å². The van der Waals surface area contributed by atoms with Crippen molar-refractivity contribution in [2.24, 2.45) is 12.1 Å². The molecule has 0 aliphatic heterocycles. The lowest BCUT2D eigenvalue weighted by Crippen LogP contribution is -2.23. The van der Waals surface area contributed by atoms with Gasteiger partial charge in [0.2, 0.25) is 0 Å². The highest BCUT2D eigenvalue weighted by Gasteiger charge is 1.99. The van der Waals surface area contributed by atoms with Gasteiger partial charge in [0.25, 0.3) is 0 Å². The smallest absolute Gasteiger partial charge is 0.191 e. The second-order valence-corrected chi connectivity index (χ2v) is 5.50. The van der Waals surface area contributed by atoms with Crippen LogP contribution in [0.15, 0.2) is 40.0 Å². The normalized spacial score (nSPS) is 10.8. The molecule has 0 spiro atoms. The molecule has 0 amide bonds. The zero-order valence-corrected chi connectivity index (χ0v) is 13.5. The highest BCUT2D eigenvalue weighted by Crippen LogP contribution is 2.13. The standard InChI is InChI=1S/C13H14BrN5S/c1-9-10(8-19(2)18-9)7-15-17-13(20)16-12-5-3-11(14)4-6-12/h3-8H,1-2H3,(H2,16,17,20). The fourth-order valence-electron chi connectivity index (χ4n) is 1.60. The Hall–Kier alpha value is -1.73. The Balaban J connectivity index is 1.89. The van der Waals surface area contributed by atoms with Crippen LogP contribution in [-0.4, -0.2) is 21.1 Å². The molecule has 1 heterocycles. The van der Waals surface area contributed by atoms with E-state index in [1.54, 1.807) is 10.9 Å². The quantitative estimate of drug-likeness (QED) is 0.507. The Morgan fingerprint density at radius 1 is 1.40 bits per heavy atom. The molecule has 5 nitrogen and oxygen atoms in total. The Kier molecular flexibility index (Phi) is 4.86. The molecule has 2 aromatic rings. The summed E-state index contributed by atoms with van der Waals surface area (Å²) in [6.07, 6.45) is 3.59. The van der Waals surface area contributed by atoms with Gasteiger partial charge in [0.05, 0.1) is 11.9 Å². The lowest BCUT2D eigenvalue weighted by Gasteiger charge is -2.06. The van der Waals surface area contributed by atoms with Crippen LogP contribution in [-0.2, 0) is 7.05 Å². The molecule has 0 aliphatic carbocycles. The van der Waals surface area contributed by atoms with Gasteiger partial charge in [-0.1, -0.05) is 15.9 Å². The van der Waals surface area contributed by atoms with Crippen LogP contribution in [0.1, 0.15) is 11.3 Å². The van der Waals surface area contributed by atoms with Crippen molar-refractivity contribution in [3.63, 3.8) is 0 Å². The Bertz CT molecular complexity index is 633. The Labute approximate surface area is 131 Å². The van der Waals surface area contributed by atoms with Crippen LogP contribution in [0.3, 0.4) is 0 Å². The molecule has 2 N–H and O–H groups in total. The number of nitrogens with zero attached hydrogens (tertiary/aromatic N) is 3. The molecule has 0 fully saturated rings. The van der Waals surface area contributed by atoms with Crippen molar-refractivity contribution in [1.82, 2.24) is 15.2 Å². The summed E-state index contributed by atoms with van der Waals surface area (Å²) in [6.45, 7) is 1.93. The minimum absolute atomic E-state index is 0.435. The molecular weight excluding hydrogens is 338 g/mol. The first-order chi connectivity index (χ1) is 9.54. The Morgan fingerprint density at radius 3 is 2.70 bits per heavy atom. The van der Waals surface area contributed by atoms with Gasteiger partial charge >= 0.3 is 0 Å². The maximum Gasteiger partial charge on any atom is 0.191 e. The number of hydrogen-bond donors (Lipinski definition) is 2.